The molecule has 1 amide bonds. The van der Waals surface area contributed by atoms with Crippen molar-refractivity contribution in [2.75, 3.05) is 6.61 Å². The van der Waals surface area contributed by atoms with E-state index >= 15 is 0 Å². The molecule has 0 radical (unpaired) electrons. The molecule has 5 nitrogen and oxygen atoms in total. The highest BCUT2D eigenvalue weighted by atomic mass is 19.1. The standard InChI is InChI=1S/C12H11FN2O3/c13-9-6-14-4-3-8(9)12(17)15-10(7-16)11-2-1-5-18-11/h1-6,10,16H,7H2,(H,15,17). The summed E-state index contributed by atoms with van der Waals surface area (Å²) in [6.07, 6.45) is 3.70. The lowest BCUT2D eigenvalue weighted by Crippen LogP contribution is -2.31. The molecule has 2 rings (SSSR count). The Hall–Kier alpha value is -2.21. The van der Waals surface area contributed by atoms with Gasteiger partial charge in [-0.25, -0.2) is 4.39 Å². The molecule has 0 saturated heterocycles. The minimum atomic E-state index is -0.717. The van der Waals surface area contributed by atoms with Crippen molar-refractivity contribution in [1.82, 2.24) is 10.3 Å². The molecule has 18 heavy (non-hydrogen) atoms. The van der Waals surface area contributed by atoms with Gasteiger partial charge in [0.15, 0.2) is 5.82 Å². The molecule has 1 atom stereocenters. The second-order valence-electron chi connectivity index (χ2n) is 3.58. The molecule has 2 aromatic rings. The predicted molar refractivity (Wildman–Crippen MR) is 60.2 cm³/mol. The molecular weight excluding hydrogens is 239 g/mol. The van der Waals surface area contributed by atoms with Crippen LogP contribution in [0.4, 0.5) is 4.39 Å². The average Bonchev–Trinajstić information content (AvgIpc) is 2.90. The topological polar surface area (TPSA) is 75.4 Å². The summed E-state index contributed by atoms with van der Waals surface area (Å²) in [5.74, 6) is -0.947. The fraction of sp³-hybridized carbons (Fsp3) is 0.167. The summed E-state index contributed by atoms with van der Waals surface area (Å²) in [7, 11) is 0. The van der Waals surface area contributed by atoms with Gasteiger partial charge in [0.1, 0.15) is 11.8 Å². The van der Waals surface area contributed by atoms with E-state index in [1.165, 1.54) is 18.5 Å². The lowest BCUT2D eigenvalue weighted by Gasteiger charge is -2.13. The SMILES string of the molecule is O=C(NC(CO)c1ccco1)c1ccncc1F. The monoisotopic (exact) mass is 250 g/mol. The molecule has 2 N–H and O–H groups in total. The maximum absolute atomic E-state index is 13.3. The van der Waals surface area contributed by atoms with Crippen LogP contribution >= 0.6 is 0 Å². The number of carbonyl (C=O) groups is 1. The van der Waals surface area contributed by atoms with E-state index in [0.717, 1.165) is 6.20 Å². The highest BCUT2D eigenvalue weighted by molar-refractivity contribution is 5.94. The normalized spacial score (nSPS) is 12.1. The van der Waals surface area contributed by atoms with Crippen LogP contribution in [0.5, 0.6) is 0 Å². The van der Waals surface area contributed by atoms with Crippen molar-refractivity contribution >= 4 is 5.91 Å². The third-order valence-electron chi connectivity index (χ3n) is 2.39. The fourth-order valence-corrected chi connectivity index (χ4v) is 1.49. The molecule has 94 valence electrons. The molecule has 2 aromatic heterocycles. The van der Waals surface area contributed by atoms with Crippen LogP contribution < -0.4 is 5.32 Å². The molecule has 0 aliphatic carbocycles. The number of hydrogen-bond acceptors (Lipinski definition) is 4. The third-order valence-corrected chi connectivity index (χ3v) is 2.39. The fourth-order valence-electron chi connectivity index (χ4n) is 1.49. The number of furan rings is 1. The Balaban J connectivity index is 2.14. The van der Waals surface area contributed by atoms with Gasteiger partial charge in [0.05, 0.1) is 24.6 Å². The largest absolute Gasteiger partial charge is 0.467 e. The van der Waals surface area contributed by atoms with Crippen molar-refractivity contribution in [2.45, 2.75) is 6.04 Å². The number of amides is 1. The Labute approximate surface area is 102 Å². The highest BCUT2D eigenvalue weighted by Crippen LogP contribution is 2.14. The summed E-state index contributed by atoms with van der Waals surface area (Å²) in [6, 6.07) is 3.81. The van der Waals surface area contributed by atoms with Gasteiger partial charge in [-0.2, -0.15) is 0 Å². The van der Waals surface area contributed by atoms with Gasteiger partial charge >= 0.3 is 0 Å². The number of aliphatic hydroxyl groups is 1. The maximum Gasteiger partial charge on any atom is 0.255 e. The summed E-state index contributed by atoms with van der Waals surface area (Å²) >= 11 is 0. The van der Waals surface area contributed by atoms with Crippen LogP contribution in [-0.2, 0) is 0 Å². The molecule has 0 spiro atoms. The second-order valence-corrected chi connectivity index (χ2v) is 3.58. The Morgan fingerprint density at radius 2 is 2.39 bits per heavy atom. The van der Waals surface area contributed by atoms with E-state index in [0.29, 0.717) is 5.76 Å². The van der Waals surface area contributed by atoms with Gasteiger partial charge in [-0.1, -0.05) is 0 Å². The molecule has 2 heterocycles. The summed E-state index contributed by atoms with van der Waals surface area (Å²) in [4.78, 5) is 15.4. The van der Waals surface area contributed by atoms with Crippen LogP contribution in [0.3, 0.4) is 0 Å². The number of carbonyl (C=O) groups excluding carboxylic acids is 1. The summed E-state index contributed by atoms with van der Waals surface area (Å²) < 4.78 is 18.4. The minimum Gasteiger partial charge on any atom is -0.467 e. The van der Waals surface area contributed by atoms with Gasteiger partial charge in [0.25, 0.3) is 5.91 Å². The van der Waals surface area contributed by atoms with Crippen LogP contribution in [0, 0.1) is 5.82 Å². The van der Waals surface area contributed by atoms with Gasteiger partial charge in [-0.3, -0.25) is 9.78 Å². The van der Waals surface area contributed by atoms with E-state index in [9.17, 15) is 14.3 Å². The van der Waals surface area contributed by atoms with E-state index < -0.39 is 17.8 Å². The first-order chi connectivity index (χ1) is 8.72. The summed E-state index contributed by atoms with van der Waals surface area (Å²) in [6.45, 7) is -0.341. The van der Waals surface area contributed by atoms with Gasteiger partial charge in [-0.15, -0.1) is 0 Å². The summed E-state index contributed by atoms with van der Waals surface area (Å²) in [5, 5.41) is 11.7. The molecular formula is C12H11FN2O3. The van der Waals surface area contributed by atoms with E-state index in [4.69, 9.17) is 4.42 Å². The van der Waals surface area contributed by atoms with Crippen LogP contribution in [0.2, 0.25) is 0 Å². The van der Waals surface area contributed by atoms with Crippen molar-refractivity contribution in [1.29, 1.82) is 0 Å². The number of rotatable bonds is 4. The first kappa shape index (κ1) is 12.3. The smallest absolute Gasteiger partial charge is 0.255 e. The van der Waals surface area contributed by atoms with Crippen molar-refractivity contribution < 1.29 is 18.7 Å². The molecule has 0 aromatic carbocycles. The van der Waals surface area contributed by atoms with Crippen LogP contribution in [0.25, 0.3) is 0 Å². The Bertz CT molecular complexity index is 528. The van der Waals surface area contributed by atoms with Crippen LogP contribution in [0.1, 0.15) is 22.2 Å². The summed E-state index contributed by atoms with van der Waals surface area (Å²) in [5.41, 5.74) is -0.130. The van der Waals surface area contributed by atoms with E-state index in [1.54, 1.807) is 12.1 Å². The molecule has 0 fully saturated rings. The quantitative estimate of drug-likeness (QED) is 0.857. The van der Waals surface area contributed by atoms with E-state index in [2.05, 4.69) is 10.3 Å². The Kier molecular flexibility index (Phi) is 3.69. The number of pyridine rings is 1. The average molecular weight is 250 g/mol. The second kappa shape index (κ2) is 5.42. The number of aromatic nitrogens is 1. The zero-order valence-electron chi connectivity index (χ0n) is 9.34. The van der Waals surface area contributed by atoms with E-state index in [1.807, 2.05) is 0 Å². The van der Waals surface area contributed by atoms with Crippen molar-refractivity contribution in [3.8, 4) is 0 Å². The molecule has 6 heteroatoms. The van der Waals surface area contributed by atoms with Gasteiger partial charge < -0.3 is 14.8 Å². The molecule has 0 aliphatic rings. The Morgan fingerprint density at radius 3 is 3.00 bits per heavy atom. The van der Waals surface area contributed by atoms with Crippen molar-refractivity contribution in [2.24, 2.45) is 0 Å². The maximum atomic E-state index is 13.3. The molecule has 1 unspecified atom stereocenters. The predicted octanol–water partition coefficient (Wildman–Crippen LogP) is 1.28. The van der Waals surface area contributed by atoms with Gasteiger partial charge in [0.2, 0.25) is 0 Å². The van der Waals surface area contributed by atoms with Crippen molar-refractivity contribution in [3.63, 3.8) is 0 Å². The zero-order chi connectivity index (χ0) is 13.0. The number of hydrogen-bond donors (Lipinski definition) is 2. The van der Waals surface area contributed by atoms with E-state index in [-0.39, 0.29) is 12.2 Å². The van der Waals surface area contributed by atoms with Gasteiger partial charge in [-0.05, 0) is 18.2 Å². The molecule has 0 bridgehead atoms. The Morgan fingerprint density at radius 1 is 1.56 bits per heavy atom. The number of aliphatic hydroxyl groups excluding tert-OH is 1. The number of nitrogens with zero attached hydrogens (tertiary/aromatic N) is 1. The number of halogens is 1. The van der Waals surface area contributed by atoms with Crippen LogP contribution in [-0.4, -0.2) is 22.6 Å². The van der Waals surface area contributed by atoms with Gasteiger partial charge in [0, 0.05) is 6.20 Å². The number of nitrogens with one attached hydrogen (secondary N) is 1. The van der Waals surface area contributed by atoms with Crippen LogP contribution in [0.15, 0.2) is 41.3 Å². The molecule has 0 saturated carbocycles. The van der Waals surface area contributed by atoms with Crippen molar-refractivity contribution in [3.05, 3.63) is 54.0 Å². The lowest BCUT2D eigenvalue weighted by molar-refractivity contribution is 0.0903. The first-order valence-corrected chi connectivity index (χ1v) is 5.27. The lowest BCUT2D eigenvalue weighted by atomic mass is 10.2. The zero-order valence-corrected chi connectivity index (χ0v) is 9.34. The molecule has 0 aliphatic heterocycles. The first-order valence-electron chi connectivity index (χ1n) is 5.27. The highest BCUT2D eigenvalue weighted by Gasteiger charge is 2.19. The minimum absolute atomic E-state index is 0.130. The third kappa shape index (κ3) is 2.54.